The Morgan fingerprint density at radius 2 is 1.80 bits per heavy atom. The highest BCUT2D eigenvalue weighted by Crippen LogP contribution is 2.20. The fourth-order valence-corrected chi connectivity index (χ4v) is 2.93. The number of thiophene rings is 1. The van der Waals surface area contributed by atoms with Gasteiger partial charge in [0.15, 0.2) is 5.82 Å². The second-order valence-corrected chi connectivity index (χ2v) is 6.15. The Morgan fingerprint density at radius 3 is 2.52 bits per heavy atom. The van der Waals surface area contributed by atoms with E-state index in [1.165, 1.54) is 23.7 Å². The molecule has 25 heavy (non-hydrogen) atoms. The van der Waals surface area contributed by atoms with Gasteiger partial charge in [-0.3, -0.25) is 19.7 Å². The number of nitrogens with zero attached hydrogens (tertiary/aromatic N) is 1. The summed E-state index contributed by atoms with van der Waals surface area (Å²) < 4.78 is 4.56. The number of aromatic nitrogens is 1. The van der Waals surface area contributed by atoms with Crippen molar-refractivity contribution in [1.82, 2.24) is 10.5 Å². The zero-order chi connectivity index (χ0) is 17.6. The predicted molar refractivity (Wildman–Crippen MR) is 91.2 cm³/mol. The second-order valence-electron chi connectivity index (χ2n) is 4.98. The molecule has 126 valence electrons. The minimum atomic E-state index is -0.842. The Bertz CT molecular complexity index is 888. The lowest BCUT2D eigenvalue weighted by Crippen LogP contribution is -2.34. The minimum absolute atomic E-state index is 0.0769. The number of amides is 2. The van der Waals surface area contributed by atoms with Gasteiger partial charge in [0.1, 0.15) is 6.26 Å². The highest BCUT2D eigenvalue weighted by molar-refractivity contribution is 7.14. The molecule has 0 unspecified atom stereocenters. The Balaban J connectivity index is 1.55. The molecule has 7 nitrogen and oxygen atoms in total. The molecule has 0 radical (unpaired) electrons. The van der Waals surface area contributed by atoms with Crippen molar-refractivity contribution in [3.05, 3.63) is 70.1 Å². The number of rotatable bonds is 5. The largest absolute Gasteiger partial charge is 0.363 e. The van der Waals surface area contributed by atoms with E-state index in [0.717, 1.165) is 4.88 Å². The van der Waals surface area contributed by atoms with Crippen molar-refractivity contribution in [2.45, 2.75) is 6.54 Å². The molecule has 0 bridgehead atoms. The van der Waals surface area contributed by atoms with Gasteiger partial charge in [-0.25, -0.2) is 0 Å². The molecule has 2 heterocycles. The van der Waals surface area contributed by atoms with Crippen molar-refractivity contribution in [2.75, 3.05) is 5.32 Å². The smallest absolute Gasteiger partial charge is 0.314 e. The van der Waals surface area contributed by atoms with Crippen LogP contribution >= 0.6 is 11.3 Å². The number of carbonyl (C=O) groups is 3. The van der Waals surface area contributed by atoms with E-state index < -0.39 is 11.8 Å². The Hall–Kier alpha value is -3.26. The Kier molecular flexibility index (Phi) is 5.00. The molecular weight excluding hydrogens is 342 g/mol. The predicted octanol–water partition coefficient (Wildman–Crippen LogP) is 2.22. The summed E-state index contributed by atoms with van der Waals surface area (Å²) in [6, 6.07) is 13.8. The van der Waals surface area contributed by atoms with Crippen molar-refractivity contribution >= 4 is 34.8 Å². The van der Waals surface area contributed by atoms with Gasteiger partial charge >= 0.3 is 11.8 Å². The lowest BCUT2D eigenvalue weighted by molar-refractivity contribution is -0.136. The molecule has 8 heteroatoms. The molecular formula is C17H13N3O4S. The number of hydrogen-bond acceptors (Lipinski definition) is 6. The first-order valence-corrected chi connectivity index (χ1v) is 8.13. The van der Waals surface area contributed by atoms with E-state index in [9.17, 15) is 14.4 Å². The van der Waals surface area contributed by atoms with E-state index in [2.05, 4.69) is 20.3 Å². The van der Waals surface area contributed by atoms with Gasteiger partial charge in [-0.2, -0.15) is 0 Å². The van der Waals surface area contributed by atoms with Crippen molar-refractivity contribution < 1.29 is 18.9 Å². The van der Waals surface area contributed by atoms with Crippen LogP contribution in [0.25, 0.3) is 0 Å². The second kappa shape index (κ2) is 7.54. The lowest BCUT2D eigenvalue weighted by Gasteiger charge is -2.02. The van der Waals surface area contributed by atoms with Gasteiger partial charge in [0.25, 0.3) is 0 Å². The molecule has 0 saturated heterocycles. The molecule has 0 atom stereocenters. The molecule has 0 saturated carbocycles. The highest BCUT2D eigenvalue weighted by Gasteiger charge is 2.16. The molecule has 0 aliphatic carbocycles. The fourth-order valence-electron chi connectivity index (χ4n) is 2.02. The van der Waals surface area contributed by atoms with E-state index in [0.29, 0.717) is 10.4 Å². The molecule has 3 rings (SSSR count). The summed E-state index contributed by atoms with van der Waals surface area (Å²) in [6.07, 6.45) is 1.28. The van der Waals surface area contributed by atoms with Crippen LogP contribution in [0, 0.1) is 0 Å². The molecule has 0 aliphatic rings. The summed E-state index contributed by atoms with van der Waals surface area (Å²) in [5.74, 6) is -1.56. The van der Waals surface area contributed by atoms with Gasteiger partial charge in [-0.05, 0) is 12.1 Å². The third kappa shape index (κ3) is 4.18. The van der Waals surface area contributed by atoms with Gasteiger partial charge in [-0.15, -0.1) is 11.3 Å². The molecule has 0 fully saturated rings. The van der Waals surface area contributed by atoms with E-state index in [-0.39, 0.29) is 18.1 Å². The lowest BCUT2D eigenvalue weighted by atomic mass is 10.1. The molecule has 0 aliphatic heterocycles. The van der Waals surface area contributed by atoms with Gasteiger partial charge in [0, 0.05) is 16.5 Å². The average molecular weight is 355 g/mol. The quantitative estimate of drug-likeness (QED) is 0.540. The molecule has 2 aromatic heterocycles. The van der Waals surface area contributed by atoms with Gasteiger partial charge in [0.05, 0.1) is 11.4 Å². The molecule has 1 aromatic carbocycles. The Labute approximate surface area is 146 Å². The fraction of sp³-hybridized carbons (Fsp3) is 0.0588. The van der Waals surface area contributed by atoms with Crippen LogP contribution in [0.3, 0.4) is 0 Å². The summed E-state index contributed by atoms with van der Waals surface area (Å²) >= 11 is 1.27. The van der Waals surface area contributed by atoms with Crippen LogP contribution in [-0.4, -0.2) is 22.8 Å². The first-order chi connectivity index (χ1) is 12.1. The van der Waals surface area contributed by atoms with E-state index in [1.54, 1.807) is 36.4 Å². The summed E-state index contributed by atoms with van der Waals surface area (Å²) in [7, 11) is 0. The van der Waals surface area contributed by atoms with E-state index in [4.69, 9.17) is 0 Å². The average Bonchev–Trinajstić information content (AvgIpc) is 3.31. The number of anilines is 1. The number of carbonyl (C=O) groups excluding carboxylic acids is 3. The van der Waals surface area contributed by atoms with Crippen LogP contribution in [0.1, 0.15) is 20.1 Å². The summed E-state index contributed by atoms with van der Waals surface area (Å²) in [5.41, 5.74) is 0.604. The molecule has 3 aromatic rings. The van der Waals surface area contributed by atoms with Crippen molar-refractivity contribution in [1.29, 1.82) is 0 Å². The van der Waals surface area contributed by atoms with E-state index in [1.807, 2.05) is 6.07 Å². The van der Waals surface area contributed by atoms with E-state index >= 15 is 0 Å². The topological polar surface area (TPSA) is 101 Å². The number of benzene rings is 1. The van der Waals surface area contributed by atoms with Gasteiger partial charge < -0.3 is 9.84 Å². The summed E-state index contributed by atoms with van der Waals surface area (Å²) in [4.78, 5) is 37.1. The van der Waals surface area contributed by atoms with Crippen LogP contribution in [-0.2, 0) is 16.1 Å². The maximum atomic E-state index is 12.3. The SMILES string of the molecule is O=C(NCc1ccc(C(=O)c2ccccc2)s1)C(=O)Nc1ccon1. The molecule has 2 N–H and O–H groups in total. The normalized spacial score (nSPS) is 10.2. The van der Waals surface area contributed by atoms with Crippen LogP contribution in [0.5, 0.6) is 0 Å². The summed E-state index contributed by atoms with van der Waals surface area (Å²) in [5, 5.41) is 8.28. The molecule has 0 spiro atoms. The zero-order valence-electron chi connectivity index (χ0n) is 12.9. The zero-order valence-corrected chi connectivity index (χ0v) is 13.7. The third-order valence-electron chi connectivity index (χ3n) is 3.23. The number of hydrogen-bond donors (Lipinski definition) is 2. The number of nitrogens with one attached hydrogen (secondary N) is 2. The van der Waals surface area contributed by atoms with Crippen molar-refractivity contribution in [3.63, 3.8) is 0 Å². The maximum Gasteiger partial charge on any atom is 0.314 e. The number of ketones is 1. The van der Waals surface area contributed by atoms with Crippen LogP contribution in [0.4, 0.5) is 5.82 Å². The minimum Gasteiger partial charge on any atom is -0.363 e. The first kappa shape index (κ1) is 16.6. The highest BCUT2D eigenvalue weighted by atomic mass is 32.1. The van der Waals surface area contributed by atoms with Crippen LogP contribution < -0.4 is 10.6 Å². The Morgan fingerprint density at radius 1 is 1.00 bits per heavy atom. The van der Waals surface area contributed by atoms with Crippen LogP contribution in [0.15, 0.2) is 59.3 Å². The molecule has 2 amide bonds. The first-order valence-electron chi connectivity index (χ1n) is 7.31. The standard InChI is InChI=1S/C17H13N3O4S/c21-15(11-4-2-1-3-5-11)13-7-6-12(25-13)10-18-16(22)17(23)19-14-8-9-24-20-14/h1-9H,10H2,(H,18,22)(H,19,20,23). The van der Waals surface area contributed by atoms with Gasteiger partial charge in [-0.1, -0.05) is 35.5 Å². The van der Waals surface area contributed by atoms with Gasteiger partial charge in [0.2, 0.25) is 5.78 Å². The third-order valence-corrected chi connectivity index (χ3v) is 4.31. The van der Waals surface area contributed by atoms with Crippen LogP contribution in [0.2, 0.25) is 0 Å². The van der Waals surface area contributed by atoms with Crippen molar-refractivity contribution in [2.24, 2.45) is 0 Å². The monoisotopic (exact) mass is 355 g/mol. The summed E-state index contributed by atoms with van der Waals surface area (Å²) in [6.45, 7) is 0.151. The van der Waals surface area contributed by atoms with Crippen molar-refractivity contribution in [3.8, 4) is 0 Å². The maximum absolute atomic E-state index is 12.3.